The average molecular weight is 284 g/mol. The first-order valence-corrected chi connectivity index (χ1v) is 7.21. The van der Waals surface area contributed by atoms with E-state index in [0.29, 0.717) is 6.42 Å². The maximum atomic E-state index is 11.6. The number of primary amides is 1. The van der Waals surface area contributed by atoms with Gasteiger partial charge in [-0.2, -0.15) is 0 Å². The van der Waals surface area contributed by atoms with Crippen molar-refractivity contribution >= 4 is 16.7 Å². The molecule has 2 N–H and O–H groups in total. The number of amides is 1. The number of fused-ring (bicyclic) bond motifs is 1. The number of benzene rings is 2. The zero-order valence-corrected chi connectivity index (χ0v) is 12.2. The van der Waals surface area contributed by atoms with Crippen LogP contribution in [0.4, 0.5) is 0 Å². The highest BCUT2D eigenvalue weighted by atomic mass is 16.5. The molecule has 0 spiro atoms. The van der Waals surface area contributed by atoms with Gasteiger partial charge in [0.25, 0.3) is 0 Å². The van der Waals surface area contributed by atoms with Crippen molar-refractivity contribution in [1.29, 1.82) is 0 Å². The summed E-state index contributed by atoms with van der Waals surface area (Å²) in [6, 6.07) is 14.4. The topological polar surface area (TPSA) is 55.6 Å². The summed E-state index contributed by atoms with van der Waals surface area (Å²) in [5, 5.41) is 2.44. The van der Waals surface area contributed by atoms with Gasteiger partial charge in [-0.15, -0.1) is 0 Å². The number of methoxy groups -OCH3 is 1. The first-order chi connectivity index (χ1) is 10.2. The summed E-state index contributed by atoms with van der Waals surface area (Å²) in [7, 11) is 1.68. The first kappa shape index (κ1) is 14.0. The average Bonchev–Trinajstić information content (AvgIpc) is 2.90. The molecule has 21 heavy (non-hydrogen) atoms. The van der Waals surface area contributed by atoms with Crippen molar-refractivity contribution in [3.05, 3.63) is 48.0 Å². The highest BCUT2D eigenvalue weighted by Gasteiger charge is 2.35. The molecule has 1 amide bonds. The normalized spacial score (nSPS) is 22.7. The minimum atomic E-state index is -0.268. The maximum Gasteiger partial charge on any atom is 0.234 e. The molecule has 1 heterocycles. The van der Waals surface area contributed by atoms with Crippen molar-refractivity contribution in [2.75, 3.05) is 13.7 Å². The van der Waals surface area contributed by atoms with Gasteiger partial charge in [0.1, 0.15) is 0 Å². The van der Waals surface area contributed by atoms with Gasteiger partial charge < -0.3 is 10.5 Å². The third kappa shape index (κ3) is 2.91. The fourth-order valence-corrected chi connectivity index (χ4v) is 3.07. The van der Waals surface area contributed by atoms with Gasteiger partial charge in [0.05, 0.1) is 12.1 Å². The molecule has 2 aromatic carbocycles. The van der Waals surface area contributed by atoms with E-state index in [9.17, 15) is 4.79 Å². The van der Waals surface area contributed by atoms with Gasteiger partial charge >= 0.3 is 0 Å². The summed E-state index contributed by atoms with van der Waals surface area (Å²) in [6.45, 7) is 1.47. The lowest BCUT2D eigenvalue weighted by Crippen LogP contribution is -2.39. The Balaban J connectivity index is 1.81. The molecular weight excluding hydrogens is 264 g/mol. The summed E-state index contributed by atoms with van der Waals surface area (Å²) in [5.41, 5.74) is 6.70. The van der Waals surface area contributed by atoms with E-state index in [-0.39, 0.29) is 18.1 Å². The Bertz CT molecular complexity index is 656. The van der Waals surface area contributed by atoms with Crippen LogP contribution in [-0.2, 0) is 16.1 Å². The van der Waals surface area contributed by atoms with Crippen LogP contribution in [0.1, 0.15) is 12.0 Å². The molecule has 0 saturated carbocycles. The number of nitrogens with zero attached hydrogens (tertiary/aromatic N) is 1. The predicted octanol–water partition coefficient (Wildman–Crippen LogP) is 1.91. The number of carbonyl (C=O) groups is 1. The van der Waals surface area contributed by atoms with E-state index >= 15 is 0 Å². The molecule has 2 atom stereocenters. The van der Waals surface area contributed by atoms with E-state index in [1.807, 2.05) is 12.1 Å². The zero-order valence-electron chi connectivity index (χ0n) is 12.2. The molecule has 0 radical (unpaired) electrons. The number of hydrogen-bond acceptors (Lipinski definition) is 3. The smallest absolute Gasteiger partial charge is 0.234 e. The standard InChI is InChI=1S/C17H20N2O2/c1-21-15-9-16(17(18)20)19(11-15)10-12-6-7-13-4-2-3-5-14(13)8-12/h2-8,15-16H,9-11H2,1H3,(H2,18,20)/t15-,16-/m0/s1. The number of carbonyl (C=O) groups excluding carboxylic acids is 1. The summed E-state index contributed by atoms with van der Waals surface area (Å²) in [4.78, 5) is 13.7. The molecule has 1 aliphatic heterocycles. The summed E-state index contributed by atoms with van der Waals surface area (Å²) >= 11 is 0. The van der Waals surface area contributed by atoms with Crippen LogP contribution >= 0.6 is 0 Å². The Morgan fingerprint density at radius 2 is 2.05 bits per heavy atom. The molecule has 1 fully saturated rings. The molecule has 2 aromatic rings. The highest BCUT2D eigenvalue weighted by molar-refractivity contribution is 5.83. The molecule has 3 rings (SSSR count). The summed E-state index contributed by atoms with van der Waals surface area (Å²) < 4.78 is 5.38. The number of likely N-dealkylation sites (tertiary alicyclic amines) is 1. The second-order valence-electron chi connectivity index (χ2n) is 5.62. The van der Waals surface area contributed by atoms with Crippen LogP contribution in [0.3, 0.4) is 0 Å². The molecule has 0 bridgehead atoms. The van der Waals surface area contributed by atoms with Crippen LogP contribution in [-0.4, -0.2) is 36.6 Å². The molecule has 4 nitrogen and oxygen atoms in total. The molecule has 0 aromatic heterocycles. The summed E-state index contributed by atoms with van der Waals surface area (Å²) in [6.07, 6.45) is 0.766. The minimum Gasteiger partial charge on any atom is -0.380 e. The quantitative estimate of drug-likeness (QED) is 0.933. The number of nitrogens with two attached hydrogens (primary N) is 1. The van der Waals surface area contributed by atoms with Gasteiger partial charge in [-0.1, -0.05) is 36.4 Å². The molecule has 0 unspecified atom stereocenters. The molecule has 110 valence electrons. The number of ether oxygens (including phenoxy) is 1. The Hall–Kier alpha value is -1.91. The third-order valence-electron chi connectivity index (χ3n) is 4.23. The Kier molecular flexibility index (Phi) is 3.90. The van der Waals surface area contributed by atoms with Crippen molar-refractivity contribution in [2.45, 2.75) is 25.1 Å². The van der Waals surface area contributed by atoms with Gasteiger partial charge in [-0.05, 0) is 28.8 Å². The fourth-order valence-electron chi connectivity index (χ4n) is 3.07. The lowest BCUT2D eigenvalue weighted by Gasteiger charge is -2.21. The molecule has 1 aliphatic rings. The van der Waals surface area contributed by atoms with E-state index in [1.54, 1.807) is 7.11 Å². The second-order valence-corrected chi connectivity index (χ2v) is 5.62. The van der Waals surface area contributed by atoms with E-state index in [1.165, 1.54) is 16.3 Å². The maximum absolute atomic E-state index is 11.6. The van der Waals surface area contributed by atoms with E-state index in [2.05, 4.69) is 35.2 Å². The minimum absolute atomic E-state index is 0.0861. The summed E-state index contributed by atoms with van der Waals surface area (Å²) in [5.74, 6) is -0.268. The van der Waals surface area contributed by atoms with Crippen LogP contribution in [0.5, 0.6) is 0 Å². The monoisotopic (exact) mass is 284 g/mol. The first-order valence-electron chi connectivity index (χ1n) is 7.21. The SMILES string of the molecule is CO[C@H]1C[C@@H](C(N)=O)N(Cc2ccc3ccccc3c2)C1. The van der Waals surface area contributed by atoms with E-state index < -0.39 is 0 Å². The van der Waals surface area contributed by atoms with Crippen molar-refractivity contribution in [1.82, 2.24) is 4.90 Å². The van der Waals surface area contributed by atoms with Gasteiger partial charge in [-0.3, -0.25) is 9.69 Å². The Morgan fingerprint density at radius 3 is 2.76 bits per heavy atom. The largest absolute Gasteiger partial charge is 0.380 e. The lowest BCUT2D eigenvalue weighted by molar-refractivity contribution is -0.122. The van der Waals surface area contributed by atoms with Crippen LogP contribution in [0, 0.1) is 0 Å². The Morgan fingerprint density at radius 1 is 1.29 bits per heavy atom. The number of rotatable bonds is 4. The van der Waals surface area contributed by atoms with Crippen LogP contribution in [0.25, 0.3) is 10.8 Å². The molecular formula is C17H20N2O2. The highest BCUT2D eigenvalue weighted by Crippen LogP contribution is 2.23. The van der Waals surface area contributed by atoms with Crippen LogP contribution < -0.4 is 5.73 Å². The van der Waals surface area contributed by atoms with Crippen LogP contribution in [0.15, 0.2) is 42.5 Å². The molecule has 0 aliphatic carbocycles. The molecule has 4 heteroatoms. The van der Waals surface area contributed by atoms with Gasteiger partial charge in [0.2, 0.25) is 5.91 Å². The molecule has 1 saturated heterocycles. The predicted molar refractivity (Wildman–Crippen MR) is 82.8 cm³/mol. The van der Waals surface area contributed by atoms with Crippen molar-refractivity contribution in [3.8, 4) is 0 Å². The second kappa shape index (κ2) is 5.84. The lowest BCUT2D eigenvalue weighted by atomic mass is 10.1. The Labute approximate surface area is 124 Å². The van der Waals surface area contributed by atoms with E-state index in [0.717, 1.165) is 13.1 Å². The third-order valence-corrected chi connectivity index (χ3v) is 4.23. The van der Waals surface area contributed by atoms with Crippen molar-refractivity contribution < 1.29 is 9.53 Å². The fraction of sp³-hybridized carbons (Fsp3) is 0.353. The van der Waals surface area contributed by atoms with Gasteiger partial charge in [0, 0.05) is 20.2 Å². The van der Waals surface area contributed by atoms with Crippen molar-refractivity contribution in [2.24, 2.45) is 5.73 Å². The van der Waals surface area contributed by atoms with Gasteiger partial charge in [-0.25, -0.2) is 0 Å². The number of hydrogen-bond donors (Lipinski definition) is 1. The van der Waals surface area contributed by atoms with Crippen molar-refractivity contribution in [3.63, 3.8) is 0 Å². The van der Waals surface area contributed by atoms with Crippen LogP contribution in [0.2, 0.25) is 0 Å². The zero-order chi connectivity index (χ0) is 14.8. The van der Waals surface area contributed by atoms with E-state index in [4.69, 9.17) is 10.5 Å². The van der Waals surface area contributed by atoms with Gasteiger partial charge in [0.15, 0.2) is 0 Å².